The number of amides is 1. The average Bonchev–Trinajstić information content (AvgIpc) is 3.14. The summed E-state index contributed by atoms with van der Waals surface area (Å²) in [6.07, 6.45) is 4.38. The van der Waals surface area contributed by atoms with Gasteiger partial charge in [-0.05, 0) is 41.8 Å². The molecule has 0 bridgehead atoms. The van der Waals surface area contributed by atoms with Crippen LogP contribution >= 0.6 is 15.9 Å². The minimum Gasteiger partial charge on any atom is -0.497 e. The van der Waals surface area contributed by atoms with E-state index in [0.717, 1.165) is 27.9 Å². The summed E-state index contributed by atoms with van der Waals surface area (Å²) in [5.74, 6) is 0.947. The second-order valence-corrected chi connectivity index (χ2v) is 7.50. The van der Waals surface area contributed by atoms with Crippen LogP contribution in [0.1, 0.15) is 22.9 Å². The van der Waals surface area contributed by atoms with Crippen LogP contribution in [0.25, 0.3) is 0 Å². The summed E-state index contributed by atoms with van der Waals surface area (Å²) < 4.78 is 8.16. The maximum atomic E-state index is 12.9. The van der Waals surface area contributed by atoms with E-state index in [2.05, 4.69) is 33.0 Å². The molecule has 1 unspecified atom stereocenters. The third-order valence-electron chi connectivity index (χ3n) is 4.93. The number of ether oxygens (including phenoxy) is 1. The van der Waals surface area contributed by atoms with Gasteiger partial charge in [0.15, 0.2) is 0 Å². The summed E-state index contributed by atoms with van der Waals surface area (Å²) in [6.45, 7) is 0.982. The number of methoxy groups -OCH3 is 1. The van der Waals surface area contributed by atoms with E-state index in [-0.39, 0.29) is 11.9 Å². The van der Waals surface area contributed by atoms with E-state index < -0.39 is 0 Å². The number of aromatic nitrogens is 2. The predicted molar refractivity (Wildman–Crippen MR) is 107 cm³/mol. The van der Waals surface area contributed by atoms with Gasteiger partial charge in [-0.3, -0.25) is 4.79 Å². The Kier molecular flexibility index (Phi) is 4.99. The van der Waals surface area contributed by atoms with Gasteiger partial charge in [0.05, 0.1) is 31.4 Å². The highest BCUT2D eigenvalue weighted by atomic mass is 79.9. The number of halogens is 1. The van der Waals surface area contributed by atoms with Crippen LogP contribution in [-0.4, -0.2) is 34.0 Å². The highest BCUT2D eigenvalue weighted by Gasteiger charge is 2.33. The number of fused-ring (bicyclic) bond motifs is 1. The number of nitrogens with zero attached hydrogens (tertiary/aromatic N) is 3. The molecule has 1 aromatic heterocycles. The summed E-state index contributed by atoms with van der Waals surface area (Å²) in [5, 5.41) is 0. The number of rotatable bonds is 5. The van der Waals surface area contributed by atoms with Crippen molar-refractivity contribution < 1.29 is 9.53 Å². The molecule has 0 saturated carbocycles. The largest absolute Gasteiger partial charge is 0.497 e. The van der Waals surface area contributed by atoms with Crippen LogP contribution in [0.5, 0.6) is 5.75 Å². The quantitative estimate of drug-likeness (QED) is 0.623. The lowest BCUT2D eigenvalue weighted by atomic mass is 9.99. The van der Waals surface area contributed by atoms with Gasteiger partial charge in [0.25, 0.3) is 0 Å². The molecule has 1 amide bonds. The van der Waals surface area contributed by atoms with Gasteiger partial charge in [0.1, 0.15) is 12.3 Å². The van der Waals surface area contributed by atoms with Crippen LogP contribution in [0.3, 0.4) is 0 Å². The lowest BCUT2D eigenvalue weighted by Gasteiger charge is -2.37. The summed E-state index contributed by atoms with van der Waals surface area (Å²) in [5.41, 5.74) is 3.30. The first kappa shape index (κ1) is 17.8. The molecule has 0 radical (unpaired) electrons. The third-order valence-corrected chi connectivity index (χ3v) is 5.42. The van der Waals surface area contributed by atoms with Crippen molar-refractivity contribution in [2.75, 3.05) is 13.7 Å². The molecule has 0 spiro atoms. The van der Waals surface area contributed by atoms with Gasteiger partial charge in [-0.15, -0.1) is 0 Å². The third kappa shape index (κ3) is 3.62. The fourth-order valence-electron chi connectivity index (χ4n) is 3.55. The maximum Gasteiger partial charge on any atom is 0.243 e. The topological polar surface area (TPSA) is 47.4 Å². The van der Waals surface area contributed by atoms with E-state index in [1.165, 1.54) is 5.56 Å². The maximum absolute atomic E-state index is 12.9. The van der Waals surface area contributed by atoms with Gasteiger partial charge in [-0.1, -0.05) is 40.2 Å². The van der Waals surface area contributed by atoms with Crippen LogP contribution in [0.15, 0.2) is 65.5 Å². The lowest BCUT2D eigenvalue weighted by Crippen LogP contribution is -2.44. The standard InChI is InChI=1S/C21H20BrN3O2/c1-27-18-7-5-15(6-8-18)9-10-25-20(26)13-24-14-23-12-19(24)21(25)16-3-2-4-17(22)11-16/h2-8,11-12,14,21H,9-10,13H2,1H3. The Morgan fingerprint density at radius 3 is 2.78 bits per heavy atom. The van der Waals surface area contributed by atoms with Crippen molar-refractivity contribution in [1.29, 1.82) is 0 Å². The van der Waals surface area contributed by atoms with E-state index in [0.29, 0.717) is 13.1 Å². The molecule has 2 heterocycles. The van der Waals surface area contributed by atoms with Crippen molar-refractivity contribution in [2.45, 2.75) is 19.0 Å². The number of hydrogen-bond acceptors (Lipinski definition) is 3. The summed E-state index contributed by atoms with van der Waals surface area (Å²) >= 11 is 3.55. The Morgan fingerprint density at radius 1 is 1.22 bits per heavy atom. The van der Waals surface area contributed by atoms with Gasteiger partial charge < -0.3 is 14.2 Å². The zero-order valence-corrected chi connectivity index (χ0v) is 16.6. The second kappa shape index (κ2) is 7.56. The molecule has 1 aliphatic heterocycles. The first-order valence-electron chi connectivity index (χ1n) is 8.83. The van der Waals surface area contributed by atoms with Crippen LogP contribution in [0.2, 0.25) is 0 Å². The van der Waals surface area contributed by atoms with E-state index in [9.17, 15) is 4.79 Å². The van der Waals surface area contributed by atoms with Crippen LogP contribution in [-0.2, 0) is 17.8 Å². The zero-order valence-electron chi connectivity index (χ0n) is 15.0. The van der Waals surface area contributed by atoms with Crippen molar-refractivity contribution in [1.82, 2.24) is 14.5 Å². The average molecular weight is 426 g/mol. The van der Waals surface area contributed by atoms with E-state index in [4.69, 9.17) is 4.74 Å². The summed E-state index contributed by atoms with van der Waals surface area (Å²) in [6, 6.07) is 16.0. The minimum absolute atomic E-state index is 0.110. The molecule has 6 heteroatoms. The Hall–Kier alpha value is -2.60. The Balaban J connectivity index is 1.63. The predicted octanol–water partition coefficient (Wildman–Crippen LogP) is 3.83. The highest BCUT2D eigenvalue weighted by Crippen LogP contribution is 2.33. The van der Waals surface area contributed by atoms with Gasteiger partial charge in [0.2, 0.25) is 5.91 Å². The number of carbonyl (C=O) groups excluding carboxylic acids is 1. The molecule has 1 aliphatic rings. The normalized spacial score (nSPS) is 16.3. The molecule has 138 valence electrons. The molecule has 1 atom stereocenters. The molecule has 3 aromatic rings. The Morgan fingerprint density at radius 2 is 2.04 bits per heavy atom. The van der Waals surface area contributed by atoms with E-state index in [1.54, 1.807) is 13.4 Å². The highest BCUT2D eigenvalue weighted by molar-refractivity contribution is 9.10. The molecule has 0 fully saturated rings. The molecule has 0 saturated heterocycles. The fraction of sp³-hybridized carbons (Fsp3) is 0.238. The van der Waals surface area contributed by atoms with Crippen LogP contribution in [0, 0.1) is 0 Å². The van der Waals surface area contributed by atoms with Crippen LogP contribution < -0.4 is 4.74 Å². The molecule has 0 aliphatic carbocycles. The minimum atomic E-state index is -0.135. The number of carbonyl (C=O) groups is 1. The Labute approximate surface area is 166 Å². The molecule has 0 N–H and O–H groups in total. The summed E-state index contributed by atoms with van der Waals surface area (Å²) in [4.78, 5) is 19.1. The monoisotopic (exact) mass is 425 g/mol. The first-order valence-corrected chi connectivity index (χ1v) is 9.63. The molecule has 27 heavy (non-hydrogen) atoms. The Bertz CT molecular complexity index is 952. The number of hydrogen-bond donors (Lipinski definition) is 0. The zero-order chi connectivity index (χ0) is 18.8. The van der Waals surface area contributed by atoms with Crippen molar-refractivity contribution in [3.63, 3.8) is 0 Å². The van der Waals surface area contributed by atoms with E-state index in [1.807, 2.05) is 52.1 Å². The van der Waals surface area contributed by atoms with Crippen LogP contribution in [0.4, 0.5) is 0 Å². The molecule has 4 rings (SSSR count). The molecular formula is C21H20BrN3O2. The van der Waals surface area contributed by atoms with Gasteiger partial charge in [0, 0.05) is 11.0 Å². The van der Waals surface area contributed by atoms with Crippen molar-refractivity contribution in [3.05, 3.63) is 82.3 Å². The SMILES string of the molecule is COc1ccc(CCN2C(=O)Cn3cncc3C2c2cccc(Br)c2)cc1. The number of imidazole rings is 1. The smallest absolute Gasteiger partial charge is 0.243 e. The molecular weight excluding hydrogens is 406 g/mol. The lowest BCUT2D eigenvalue weighted by molar-refractivity contribution is -0.135. The van der Waals surface area contributed by atoms with E-state index >= 15 is 0 Å². The fourth-order valence-corrected chi connectivity index (χ4v) is 3.97. The van der Waals surface area contributed by atoms with Gasteiger partial charge >= 0.3 is 0 Å². The molecule has 5 nitrogen and oxygen atoms in total. The van der Waals surface area contributed by atoms with Crippen molar-refractivity contribution in [3.8, 4) is 5.75 Å². The van der Waals surface area contributed by atoms with Crippen molar-refractivity contribution >= 4 is 21.8 Å². The van der Waals surface area contributed by atoms with Crippen molar-refractivity contribution in [2.24, 2.45) is 0 Å². The summed E-state index contributed by atoms with van der Waals surface area (Å²) in [7, 11) is 1.66. The second-order valence-electron chi connectivity index (χ2n) is 6.59. The first-order chi connectivity index (χ1) is 13.2. The van der Waals surface area contributed by atoms with Gasteiger partial charge in [-0.2, -0.15) is 0 Å². The van der Waals surface area contributed by atoms with Gasteiger partial charge in [-0.25, -0.2) is 4.98 Å². The number of benzene rings is 2. The molecule has 2 aromatic carbocycles.